The Bertz CT molecular complexity index is 182. The van der Waals surface area contributed by atoms with E-state index in [1.54, 1.807) is 6.20 Å². The van der Waals surface area contributed by atoms with Crippen LogP contribution in [-0.4, -0.2) is 21.0 Å². The highest BCUT2D eigenvalue weighted by molar-refractivity contribution is 4.77. The molecule has 0 saturated carbocycles. The molecule has 62 valence electrons. The molecule has 3 heteroatoms. The summed E-state index contributed by atoms with van der Waals surface area (Å²) in [4.78, 5) is 0. The second kappa shape index (κ2) is 4.13. The van der Waals surface area contributed by atoms with Gasteiger partial charge in [0, 0.05) is 18.9 Å². The van der Waals surface area contributed by atoms with E-state index in [1.165, 1.54) is 0 Å². The number of aryl methyl sites for hydroxylation is 1. The van der Waals surface area contributed by atoms with E-state index in [0.717, 1.165) is 19.4 Å². The molecule has 0 radical (unpaired) electrons. The summed E-state index contributed by atoms with van der Waals surface area (Å²) in [6.45, 7) is 2.71. The lowest BCUT2D eigenvalue weighted by molar-refractivity contribution is 0.179. The zero-order chi connectivity index (χ0) is 8.10. The number of aliphatic hydroxyl groups excluding tert-OH is 1. The SMILES string of the molecule is C[C@@H](O)CCCn1cccn1. The van der Waals surface area contributed by atoms with Gasteiger partial charge in [-0.25, -0.2) is 0 Å². The van der Waals surface area contributed by atoms with Crippen LogP contribution in [-0.2, 0) is 6.54 Å². The van der Waals surface area contributed by atoms with Crippen molar-refractivity contribution in [2.75, 3.05) is 0 Å². The van der Waals surface area contributed by atoms with Gasteiger partial charge in [-0.2, -0.15) is 5.10 Å². The average Bonchev–Trinajstić information content (AvgIpc) is 2.39. The Morgan fingerprint density at radius 2 is 2.45 bits per heavy atom. The van der Waals surface area contributed by atoms with Crippen LogP contribution in [0.4, 0.5) is 0 Å². The molecule has 1 N–H and O–H groups in total. The van der Waals surface area contributed by atoms with Crippen LogP contribution in [0, 0.1) is 0 Å². The summed E-state index contributed by atoms with van der Waals surface area (Å²) >= 11 is 0. The normalized spacial score (nSPS) is 13.3. The van der Waals surface area contributed by atoms with Crippen LogP contribution in [0.2, 0.25) is 0 Å². The maximum atomic E-state index is 8.95. The van der Waals surface area contributed by atoms with Gasteiger partial charge in [0.05, 0.1) is 6.10 Å². The van der Waals surface area contributed by atoms with Crippen molar-refractivity contribution in [1.29, 1.82) is 0 Å². The molecular weight excluding hydrogens is 140 g/mol. The fourth-order valence-corrected chi connectivity index (χ4v) is 0.981. The van der Waals surface area contributed by atoms with E-state index in [0.29, 0.717) is 0 Å². The first-order valence-electron chi connectivity index (χ1n) is 3.94. The third-order valence-corrected chi connectivity index (χ3v) is 1.57. The maximum absolute atomic E-state index is 8.95. The van der Waals surface area contributed by atoms with Gasteiger partial charge in [-0.05, 0) is 25.8 Å². The Labute approximate surface area is 66.7 Å². The summed E-state index contributed by atoms with van der Waals surface area (Å²) in [5, 5.41) is 13.0. The Kier molecular flexibility index (Phi) is 3.11. The van der Waals surface area contributed by atoms with Gasteiger partial charge in [0.15, 0.2) is 0 Å². The van der Waals surface area contributed by atoms with Crippen molar-refractivity contribution in [2.45, 2.75) is 32.4 Å². The van der Waals surface area contributed by atoms with Crippen molar-refractivity contribution in [3.05, 3.63) is 18.5 Å². The molecule has 0 amide bonds. The monoisotopic (exact) mass is 154 g/mol. The number of rotatable bonds is 4. The summed E-state index contributed by atoms with van der Waals surface area (Å²) in [5.41, 5.74) is 0. The standard InChI is InChI=1S/C8H14N2O/c1-8(11)4-2-6-10-7-3-5-9-10/h3,5,7-8,11H,2,4,6H2,1H3/t8-/m1/s1. The molecule has 1 atom stereocenters. The van der Waals surface area contributed by atoms with E-state index in [4.69, 9.17) is 5.11 Å². The van der Waals surface area contributed by atoms with Crippen LogP contribution < -0.4 is 0 Å². The summed E-state index contributed by atoms with van der Waals surface area (Å²) in [6, 6.07) is 1.91. The highest BCUT2D eigenvalue weighted by Crippen LogP contribution is 1.97. The first-order chi connectivity index (χ1) is 5.29. The maximum Gasteiger partial charge on any atom is 0.0512 e. The molecular formula is C8H14N2O. The quantitative estimate of drug-likeness (QED) is 0.703. The topological polar surface area (TPSA) is 38.0 Å². The molecule has 0 fully saturated rings. The first kappa shape index (κ1) is 8.27. The van der Waals surface area contributed by atoms with E-state index in [-0.39, 0.29) is 6.10 Å². The fraction of sp³-hybridized carbons (Fsp3) is 0.625. The highest BCUT2D eigenvalue weighted by atomic mass is 16.3. The zero-order valence-electron chi connectivity index (χ0n) is 6.77. The number of nitrogens with zero attached hydrogens (tertiary/aromatic N) is 2. The Morgan fingerprint density at radius 3 is 3.00 bits per heavy atom. The molecule has 0 aliphatic rings. The van der Waals surface area contributed by atoms with Gasteiger partial charge < -0.3 is 5.11 Å². The number of hydrogen-bond donors (Lipinski definition) is 1. The summed E-state index contributed by atoms with van der Waals surface area (Å²) < 4.78 is 1.88. The molecule has 1 heterocycles. The third-order valence-electron chi connectivity index (χ3n) is 1.57. The molecule has 0 aliphatic carbocycles. The summed E-state index contributed by atoms with van der Waals surface area (Å²) in [7, 11) is 0. The Balaban J connectivity index is 2.14. The first-order valence-corrected chi connectivity index (χ1v) is 3.94. The second-order valence-electron chi connectivity index (χ2n) is 2.76. The number of aliphatic hydroxyl groups is 1. The third kappa shape index (κ3) is 3.18. The van der Waals surface area contributed by atoms with Gasteiger partial charge in [0.1, 0.15) is 0 Å². The van der Waals surface area contributed by atoms with Gasteiger partial charge in [-0.3, -0.25) is 4.68 Å². The van der Waals surface area contributed by atoms with Gasteiger partial charge >= 0.3 is 0 Å². The summed E-state index contributed by atoms with van der Waals surface area (Å²) in [6.07, 6.45) is 5.34. The van der Waals surface area contributed by atoms with Crippen LogP contribution in [0.3, 0.4) is 0 Å². The smallest absolute Gasteiger partial charge is 0.0512 e. The molecule has 0 unspecified atom stereocenters. The van der Waals surface area contributed by atoms with E-state index in [9.17, 15) is 0 Å². The molecule has 0 saturated heterocycles. The predicted molar refractivity (Wildman–Crippen MR) is 43.1 cm³/mol. The molecule has 0 bridgehead atoms. The highest BCUT2D eigenvalue weighted by Gasteiger charge is 1.95. The molecule has 1 rings (SSSR count). The minimum absolute atomic E-state index is 0.189. The van der Waals surface area contributed by atoms with Crippen molar-refractivity contribution in [1.82, 2.24) is 9.78 Å². The Morgan fingerprint density at radius 1 is 1.64 bits per heavy atom. The summed E-state index contributed by atoms with van der Waals surface area (Å²) in [5.74, 6) is 0. The van der Waals surface area contributed by atoms with E-state index in [1.807, 2.05) is 23.9 Å². The van der Waals surface area contributed by atoms with Crippen molar-refractivity contribution in [3.63, 3.8) is 0 Å². The van der Waals surface area contributed by atoms with Crippen LogP contribution in [0.15, 0.2) is 18.5 Å². The number of hydrogen-bond acceptors (Lipinski definition) is 2. The second-order valence-corrected chi connectivity index (χ2v) is 2.76. The molecule has 0 aromatic carbocycles. The van der Waals surface area contributed by atoms with Crippen LogP contribution in [0.5, 0.6) is 0 Å². The molecule has 11 heavy (non-hydrogen) atoms. The lowest BCUT2D eigenvalue weighted by Crippen LogP contribution is -2.04. The molecule has 3 nitrogen and oxygen atoms in total. The van der Waals surface area contributed by atoms with E-state index < -0.39 is 0 Å². The molecule has 0 aliphatic heterocycles. The fourth-order valence-electron chi connectivity index (χ4n) is 0.981. The van der Waals surface area contributed by atoms with Gasteiger partial charge in [-0.15, -0.1) is 0 Å². The van der Waals surface area contributed by atoms with E-state index >= 15 is 0 Å². The van der Waals surface area contributed by atoms with Crippen molar-refractivity contribution in [2.24, 2.45) is 0 Å². The zero-order valence-corrected chi connectivity index (χ0v) is 6.77. The van der Waals surface area contributed by atoms with Crippen molar-refractivity contribution in [3.8, 4) is 0 Å². The van der Waals surface area contributed by atoms with Gasteiger partial charge in [-0.1, -0.05) is 0 Å². The van der Waals surface area contributed by atoms with Crippen LogP contribution in [0.1, 0.15) is 19.8 Å². The minimum atomic E-state index is -0.189. The lowest BCUT2D eigenvalue weighted by Gasteiger charge is -2.03. The van der Waals surface area contributed by atoms with Crippen LogP contribution >= 0.6 is 0 Å². The molecule has 0 spiro atoms. The lowest BCUT2D eigenvalue weighted by atomic mass is 10.2. The number of aromatic nitrogens is 2. The van der Waals surface area contributed by atoms with Gasteiger partial charge in [0.25, 0.3) is 0 Å². The van der Waals surface area contributed by atoms with Crippen molar-refractivity contribution < 1.29 is 5.11 Å². The Hall–Kier alpha value is -0.830. The largest absolute Gasteiger partial charge is 0.393 e. The molecule has 1 aromatic rings. The predicted octanol–water partition coefficient (Wildman–Crippen LogP) is 1.04. The van der Waals surface area contributed by atoms with Crippen LogP contribution in [0.25, 0.3) is 0 Å². The van der Waals surface area contributed by atoms with E-state index in [2.05, 4.69) is 5.10 Å². The van der Waals surface area contributed by atoms with Crippen molar-refractivity contribution >= 4 is 0 Å². The molecule has 1 aromatic heterocycles. The van der Waals surface area contributed by atoms with Gasteiger partial charge in [0.2, 0.25) is 0 Å². The minimum Gasteiger partial charge on any atom is -0.393 e. The average molecular weight is 154 g/mol.